The van der Waals surface area contributed by atoms with E-state index in [1.165, 1.54) is 5.56 Å². The highest BCUT2D eigenvalue weighted by atomic mass is 35.5. The van der Waals surface area contributed by atoms with Crippen LogP contribution in [0, 0.1) is 0 Å². The van der Waals surface area contributed by atoms with Crippen LogP contribution in [0.2, 0.25) is 10.0 Å². The average Bonchev–Trinajstić information content (AvgIpc) is 3.26. The van der Waals surface area contributed by atoms with E-state index in [0.717, 1.165) is 16.9 Å². The van der Waals surface area contributed by atoms with Gasteiger partial charge >= 0.3 is 0 Å². The number of nitrogens with zero attached hydrogens (tertiary/aromatic N) is 2. The van der Waals surface area contributed by atoms with Crippen LogP contribution in [0.25, 0.3) is 0 Å². The van der Waals surface area contributed by atoms with E-state index in [2.05, 4.69) is 36.4 Å². The van der Waals surface area contributed by atoms with Gasteiger partial charge in [-0.2, -0.15) is 5.10 Å². The Balaban J connectivity index is 1.36. The van der Waals surface area contributed by atoms with Crippen molar-refractivity contribution in [3.8, 4) is 5.75 Å². The van der Waals surface area contributed by atoms with Crippen molar-refractivity contribution in [2.24, 2.45) is 0 Å². The van der Waals surface area contributed by atoms with E-state index in [0.29, 0.717) is 40.5 Å². The Bertz CT molecular complexity index is 1280. The minimum Gasteiger partial charge on any atom is -0.489 e. The number of halogens is 2. The van der Waals surface area contributed by atoms with E-state index < -0.39 is 0 Å². The number of amides is 1. The second-order valence-electron chi connectivity index (χ2n) is 8.30. The maximum absolute atomic E-state index is 12.8. The highest BCUT2D eigenvalue weighted by Gasteiger charge is 2.10. The van der Waals surface area contributed by atoms with Gasteiger partial charge in [0.25, 0.3) is 5.91 Å². The van der Waals surface area contributed by atoms with Gasteiger partial charge in [0.1, 0.15) is 12.4 Å². The average molecular weight is 494 g/mol. The van der Waals surface area contributed by atoms with Crippen LogP contribution in [0.1, 0.15) is 46.8 Å². The molecule has 1 amide bonds. The van der Waals surface area contributed by atoms with Gasteiger partial charge in [-0.05, 0) is 59.0 Å². The summed E-state index contributed by atoms with van der Waals surface area (Å²) >= 11 is 12.2. The summed E-state index contributed by atoms with van der Waals surface area (Å²) in [4.78, 5) is 12.8. The predicted molar refractivity (Wildman–Crippen MR) is 137 cm³/mol. The van der Waals surface area contributed by atoms with Gasteiger partial charge in [-0.1, -0.05) is 67.4 Å². The minimum atomic E-state index is -0.238. The number of benzene rings is 3. The van der Waals surface area contributed by atoms with E-state index in [9.17, 15) is 4.79 Å². The normalized spacial score (nSPS) is 11.0. The monoisotopic (exact) mass is 493 g/mol. The summed E-state index contributed by atoms with van der Waals surface area (Å²) in [5, 5.41) is 8.42. The van der Waals surface area contributed by atoms with Gasteiger partial charge in [-0.15, -0.1) is 0 Å². The molecule has 3 aromatic carbocycles. The highest BCUT2D eigenvalue weighted by Crippen LogP contribution is 2.22. The van der Waals surface area contributed by atoms with Crippen LogP contribution in [0.4, 0.5) is 5.82 Å². The first-order chi connectivity index (χ1) is 16.4. The first kappa shape index (κ1) is 23.9. The molecule has 34 heavy (non-hydrogen) atoms. The number of anilines is 1. The van der Waals surface area contributed by atoms with Crippen LogP contribution >= 0.6 is 23.2 Å². The zero-order valence-corrected chi connectivity index (χ0v) is 20.5. The Morgan fingerprint density at radius 1 is 1.03 bits per heavy atom. The molecule has 1 aromatic heterocycles. The lowest BCUT2D eigenvalue weighted by Crippen LogP contribution is -2.13. The lowest BCUT2D eigenvalue weighted by molar-refractivity contribution is 0.102. The lowest BCUT2D eigenvalue weighted by atomic mass is 10.0. The molecular weight excluding hydrogens is 469 g/mol. The summed E-state index contributed by atoms with van der Waals surface area (Å²) in [6.45, 7) is 5.16. The number of carbonyl (C=O) groups is 1. The quantitative estimate of drug-likeness (QED) is 0.282. The summed E-state index contributed by atoms with van der Waals surface area (Å²) in [5.41, 5.74) is 3.60. The molecule has 1 heterocycles. The topological polar surface area (TPSA) is 56.1 Å². The van der Waals surface area contributed by atoms with E-state index in [4.69, 9.17) is 27.9 Å². The number of hydrogen-bond acceptors (Lipinski definition) is 3. The Morgan fingerprint density at radius 2 is 1.82 bits per heavy atom. The summed E-state index contributed by atoms with van der Waals surface area (Å²) in [6, 6.07) is 22.5. The Labute approximate surface area is 209 Å². The molecule has 0 radical (unpaired) electrons. The number of hydrogen-bond donors (Lipinski definition) is 1. The molecule has 0 atom stereocenters. The van der Waals surface area contributed by atoms with E-state index in [1.54, 1.807) is 35.1 Å². The third-order valence-electron chi connectivity index (χ3n) is 5.37. The number of rotatable bonds is 8. The lowest BCUT2D eigenvalue weighted by Gasteiger charge is -2.10. The molecule has 5 nitrogen and oxygen atoms in total. The molecule has 174 valence electrons. The molecule has 0 spiro atoms. The van der Waals surface area contributed by atoms with Crippen molar-refractivity contribution in [1.82, 2.24) is 9.78 Å². The van der Waals surface area contributed by atoms with Crippen molar-refractivity contribution >= 4 is 34.9 Å². The molecule has 0 saturated carbocycles. The van der Waals surface area contributed by atoms with Crippen LogP contribution in [0.5, 0.6) is 5.75 Å². The molecule has 7 heteroatoms. The molecule has 0 aliphatic heterocycles. The number of nitrogens with one attached hydrogen (secondary N) is 1. The fourth-order valence-corrected chi connectivity index (χ4v) is 3.92. The molecule has 0 fully saturated rings. The fraction of sp³-hybridized carbons (Fsp3) is 0.185. The highest BCUT2D eigenvalue weighted by molar-refractivity contribution is 6.35. The van der Waals surface area contributed by atoms with E-state index in [1.807, 2.05) is 36.4 Å². The number of aromatic nitrogens is 2. The maximum Gasteiger partial charge on any atom is 0.256 e. The van der Waals surface area contributed by atoms with Gasteiger partial charge in [0, 0.05) is 27.9 Å². The zero-order valence-electron chi connectivity index (χ0n) is 19.0. The summed E-state index contributed by atoms with van der Waals surface area (Å²) in [5.74, 6) is 1.50. The fourth-order valence-electron chi connectivity index (χ4n) is 3.45. The van der Waals surface area contributed by atoms with Crippen LogP contribution in [0.3, 0.4) is 0 Å². The first-order valence-corrected chi connectivity index (χ1v) is 11.7. The Kier molecular flexibility index (Phi) is 7.56. The van der Waals surface area contributed by atoms with Gasteiger partial charge < -0.3 is 10.1 Å². The molecule has 4 aromatic rings. The van der Waals surface area contributed by atoms with Crippen LogP contribution in [-0.4, -0.2) is 15.7 Å². The molecule has 4 rings (SSSR count). The van der Waals surface area contributed by atoms with Gasteiger partial charge in [0.15, 0.2) is 5.82 Å². The Hall–Kier alpha value is -3.28. The maximum atomic E-state index is 12.8. The third-order valence-corrected chi connectivity index (χ3v) is 5.96. The third kappa shape index (κ3) is 6.19. The van der Waals surface area contributed by atoms with Crippen LogP contribution in [0.15, 0.2) is 79.0 Å². The smallest absolute Gasteiger partial charge is 0.256 e. The SMILES string of the molecule is CC(C)c1ccc(OCc2cccc(C(=O)Nc3ccn(Cc4ccc(Cl)cc4Cl)n3)c2)cc1. The number of ether oxygens (including phenoxy) is 1. The second-order valence-corrected chi connectivity index (χ2v) is 9.14. The molecule has 0 bridgehead atoms. The first-order valence-electron chi connectivity index (χ1n) is 11.0. The summed E-state index contributed by atoms with van der Waals surface area (Å²) in [7, 11) is 0. The largest absolute Gasteiger partial charge is 0.489 e. The Morgan fingerprint density at radius 3 is 2.56 bits per heavy atom. The van der Waals surface area contributed by atoms with Gasteiger partial charge in [-0.25, -0.2) is 0 Å². The number of carbonyl (C=O) groups excluding carboxylic acids is 1. The summed E-state index contributed by atoms with van der Waals surface area (Å²) in [6.07, 6.45) is 1.79. The second kappa shape index (κ2) is 10.8. The standard InChI is InChI=1S/C27H25Cl2N3O2/c1-18(2)20-7-10-24(11-8-20)34-17-19-4-3-5-21(14-19)27(33)30-26-12-13-32(31-26)16-22-6-9-23(28)15-25(22)29/h3-15,18H,16-17H2,1-2H3,(H,30,31,33). The van der Waals surface area contributed by atoms with Crippen molar-refractivity contribution in [1.29, 1.82) is 0 Å². The molecular formula is C27H25Cl2N3O2. The van der Waals surface area contributed by atoms with Crippen molar-refractivity contribution < 1.29 is 9.53 Å². The van der Waals surface area contributed by atoms with Crippen molar-refractivity contribution in [3.05, 3.63) is 111 Å². The van der Waals surface area contributed by atoms with Crippen molar-refractivity contribution in [2.45, 2.75) is 32.9 Å². The predicted octanol–water partition coefficient (Wildman–Crippen LogP) is 7.19. The molecule has 0 aliphatic rings. The van der Waals surface area contributed by atoms with Crippen LogP contribution in [-0.2, 0) is 13.2 Å². The molecule has 0 aliphatic carbocycles. The van der Waals surface area contributed by atoms with Gasteiger partial charge in [0.05, 0.1) is 6.54 Å². The molecule has 1 N–H and O–H groups in total. The molecule has 0 saturated heterocycles. The van der Waals surface area contributed by atoms with E-state index >= 15 is 0 Å². The van der Waals surface area contributed by atoms with Crippen molar-refractivity contribution in [3.63, 3.8) is 0 Å². The van der Waals surface area contributed by atoms with Gasteiger partial charge in [-0.3, -0.25) is 9.48 Å². The van der Waals surface area contributed by atoms with Gasteiger partial charge in [0.2, 0.25) is 0 Å². The minimum absolute atomic E-state index is 0.238. The van der Waals surface area contributed by atoms with E-state index in [-0.39, 0.29) is 5.91 Å². The van der Waals surface area contributed by atoms with Crippen LogP contribution < -0.4 is 10.1 Å². The molecule has 0 unspecified atom stereocenters. The van der Waals surface area contributed by atoms with Crippen molar-refractivity contribution in [2.75, 3.05) is 5.32 Å². The zero-order chi connectivity index (χ0) is 24.1. The summed E-state index contributed by atoms with van der Waals surface area (Å²) < 4.78 is 7.60.